The van der Waals surface area contributed by atoms with E-state index in [0.29, 0.717) is 5.56 Å². The summed E-state index contributed by atoms with van der Waals surface area (Å²) in [6.45, 7) is 8.80. The van der Waals surface area contributed by atoms with Crippen LogP contribution in [-0.2, 0) is 24.7 Å². The van der Waals surface area contributed by atoms with Crippen molar-refractivity contribution in [2.24, 2.45) is 0 Å². The van der Waals surface area contributed by atoms with Crippen LogP contribution in [0.15, 0.2) is 42.5 Å². The van der Waals surface area contributed by atoms with Crippen LogP contribution in [0, 0.1) is 0 Å². The third-order valence-electron chi connectivity index (χ3n) is 4.49. The molecule has 0 aliphatic heterocycles. The molecule has 2 aromatic rings. The Morgan fingerprint density at radius 1 is 0.917 bits per heavy atom. The molecule has 0 fully saturated rings. The zero-order chi connectivity index (χ0) is 17.7. The van der Waals surface area contributed by atoms with E-state index in [2.05, 4.69) is 58.0 Å². The predicted molar refractivity (Wildman–Crippen MR) is 99.9 cm³/mol. The first-order valence-corrected chi connectivity index (χ1v) is 8.77. The molecule has 0 spiro atoms. The largest absolute Gasteiger partial charge is 0.478 e. The lowest BCUT2D eigenvalue weighted by molar-refractivity contribution is 0.0695. The van der Waals surface area contributed by atoms with E-state index < -0.39 is 5.97 Å². The molecule has 0 bridgehead atoms. The van der Waals surface area contributed by atoms with Gasteiger partial charge in [-0.2, -0.15) is 0 Å². The number of aryl methyl sites for hydroxylation is 2. The standard InChI is InChI=1S/C22H28O2/c1-5-9-18-16(11-8-12-19(18)21(23)24)14-15-17-10-6-7-13-20(17)22(2,3)4/h6-8,10-13H,5,9,14-15H2,1-4H3,(H,23,24). The van der Waals surface area contributed by atoms with Gasteiger partial charge < -0.3 is 5.11 Å². The highest BCUT2D eigenvalue weighted by Crippen LogP contribution is 2.27. The van der Waals surface area contributed by atoms with E-state index in [0.717, 1.165) is 31.2 Å². The quantitative estimate of drug-likeness (QED) is 0.770. The summed E-state index contributed by atoms with van der Waals surface area (Å²) < 4.78 is 0. The fraction of sp³-hybridized carbons (Fsp3) is 0.409. The summed E-state index contributed by atoms with van der Waals surface area (Å²) in [4.78, 5) is 11.5. The third kappa shape index (κ3) is 4.25. The normalized spacial score (nSPS) is 11.5. The molecule has 2 aromatic carbocycles. The van der Waals surface area contributed by atoms with E-state index in [-0.39, 0.29) is 5.41 Å². The summed E-state index contributed by atoms with van der Waals surface area (Å²) in [6.07, 6.45) is 3.59. The first-order valence-electron chi connectivity index (χ1n) is 8.77. The number of hydrogen-bond donors (Lipinski definition) is 1. The van der Waals surface area contributed by atoms with Crippen LogP contribution < -0.4 is 0 Å². The second-order valence-electron chi connectivity index (χ2n) is 7.41. The van der Waals surface area contributed by atoms with Crippen LogP contribution in [0.5, 0.6) is 0 Å². The van der Waals surface area contributed by atoms with Crippen LogP contribution in [0.4, 0.5) is 0 Å². The molecule has 0 saturated heterocycles. The molecule has 128 valence electrons. The monoisotopic (exact) mass is 324 g/mol. The smallest absolute Gasteiger partial charge is 0.335 e. The van der Waals surface area contributed by atoms with Gasteiger partial charge in [0.15, 0.2) is 0 Å². The van der Waals surface area contributed by atoms with Gasteiger partial charge >= 0.3 is 5.97 Å². The molecular formula is C22H28O2. The molecule has 0 radical (unpaired) electrons. The van der Waals surface area contributed by atoms with Crippen molar-refractivity contribution in [2.75, 3.05) is 0 Å². The molecule has 0 unspecified atom stereocenters. The van der Waals surface area contributed by atoms with Crippen LogP contribution in [0.25, 0.3) is 0 Å². The summed E-state index contributed by atoms with van der Waals surface area (Å²) in [5.74, 6) is -0.824. The number of carboxylic acid groups (broad SMARTS) is 1. The Morgan fingerprint density at radius 2 is 1.54 bits per heavy atom. The van der Waals surface area contributed by atoms with Crippen LogP contribution in [0.2, 0.25) is 0 Å². The maximum atomic E-state index is 11.5. The second-order valence-corrected chi connectivity index (χ2v) is 7.41. The average molecular weight is 324 g/mol. The molecular weight excluding hydrogens is 296 g/mol. The van der Waals surface area contributed by atoms with Gasteiger partial charge in [-0.3, -0.25) is 0 Å². The molecule has 1 N–H and O–H groups in total. The summed E-state index contributed by atoms with van der Waals surface area (Å²) in [7, 11) is 0. The molecule has 0 atom stereocenters. The first-order chi connectivity index (χ1) is 11.3. The lowest BCUT2D eigenvalue weighted by Gasteiger charge is -2.23. The number of carboxylic acids is 1. The van der Waals surface area contributed by atoms with Crippen molar-refractivity contribution in [2.45, 2.75) is 58.8 Å². The van der Waals surface area contributed by atoms with Gasteiger partial charge in [-0.05, 0) is 53.0 Å². The highest BCUT2D eigenvalue weighted by Gasteiger charge is 2.18. The predicted octanol–water partition coefficient (Wildman–Crippen LogP) is 5.42. The Balaban J connectivity index is 2.31. The minimum absolute atomic E-state index is 0.117. The van der Waals surface area contributed by atoms with Gasteiger partial charge in [0.1, 0.15) is 0 Å². The Bertz CT molecular complexity index is 708. The summed E-state index contributed by atoms with van der Waals surface area (Å²) >= 11 is 0. The number of rotatable bonds is 6. The fourth-order valence-electron chi connectivity index (χ4n) is 3.35. The van der Waals surface area contributed by atoms with Gasteiger partial charge in [-0.25, -0.2) is 4.79 Å². The first kappa shape index (κ1) is 18.3. The highest BCUT2D eigenvalue weighted by atomic mass is 16.4. The highest BCUT2D eigenvalue weighted by molar-refractivity contribution is 5.89. The molecule has 0 saturated carbocycles. The average Bonchev–Trinajstić information content (AvgIpc) is 2.53. The topological polar surface area (TPSA) is 37.3 Å². The van der Waals surface area contributed by atoms with E-state index in [1.54, 1.807) is 6.07 Å². The Kier molecular flexibility index (Phi) is 5.82. The van der Waals surface area contributed by atoms with E-state index in [1.807, 2.05) is 6.07 Å². The van der Waals surface area contributed by atoms with Gasteiger partial charge in [0.2, 0.25) is 0 Å². The SMILES string of the molecule is CCCc1c(CCc2ccccc2C(C)(C)C)cccc1C(=O)O. The summed E-state index contributed by atoms with van der Waals surface area (Å²) in [6, 6.07) is 14.3. The van der Waals surface area contributed by atoms with Gasteiger partial charge in [-0.15, -0.1) is 0 Å². The van der Waals surface area contributed by atoms with E-state index in [1.165, 1.54) is 16.7 Å². The van der Waals surface area contributed by atoms with Crippen molar-refractivity contribution >= 4 is 5.97 Å². The summed E-state index contributed by atoms with van der Waals surface area (Å²) in [5, 5.41) is 9.45. The van der Waals surface area contributed by atoms with Crippen molar-refractivity contribution in [3.63, 3.8) is 0 Å². The zero-order valence-corrected chi connectivity index (χ0v) is 15.2. The molecule has 2 rings (SSSR count). The minimum atomic E-state index is -0.824. The molecule has 0 heterocycles. The van der Waals surface area contributed by atoms with Crippen molar-refractivity contribution in [1.29, 1.82) is 0 Å². The number of aromatic carboxylic acids is 1. The molecule has 0 amide bonds. The van der Waals surface area contributed by atoms with Crippen LogP contribution in [0.3, 0.4) is 0 Å². The van der Waals surface area contributed by atoms with Gasteiger partial charge in [0, 0.05) is 0 Å². The maximum absolute atomic E-state index is 11.5. The number of hydrogen-bond acceptors (Lipinski definition) is 1. The Morgan fingerprint density at radius 3 is 2.17 bits per heavy atom. The zero-order valence-electron chi connectivity index (χ0n) is 15.2. The van der Waals surface area contributed by atoms with Gasteiger partial charge in [0.25, 0.3) is 0 Å². The third-order valence-corrected chi connectivity index (χ3v) is 4.49. The summed E-state index contributed by atoms with van der Waals surface area (Å²) in [5.41, 5.74) is 5.47. The fourth-order valence-corrected chi connectivity index (χ4v) is 3.35. The number of benzene rings is 2. The van der Waals surface area contributed by atoms with Gasteiger partial charge in [-0.1, -0.05) is 70.5 Å². The number of carbonyl (C=O) groups is 1. The molecule has 24 heavy (non-hydrogen) atoms. The van der Waals surface area contributed by atoms with Crippen molar-refractivity contribution in [3.8, 4) is 0 Å². The van der Waals surface area contributed by atoms with Crippen LogP contribution >= 0.6 is 0 Å². The molecule has 0 aliphatic rings. The molecule has 0 aromatic heterocycles. The Labute approximate surface area is 145 Å². The molecule has 0 aliphatic carbocycles. The van der Waals surface area contributed by atoms with Gasteiger partial charge in [0.05, 0.1) is 5.56 Å². The maximum Gasteiger partial charge on any atom is 0.335 e. The van der Waals surface area contributed by atoms with Crippen LogP contribution in [-0.4, -0.2) is 11.1 Å². The van der Waals surface area contributed by atoms with E-state index >= 15 is 0 Å². The van der Waals surface area contributed by atoms with Crippen LogP contribution in [0.1, 0.15) is 66.7 Å². The van der Waals surface area contributed by atoms with E-state index in [9.17, 15) is 9.90 Å². The second kappa shape index (κ2) is 7.65. The van der Waals surface area contributed by atoms with Crippen molar-refractivity contribution in [1.82, 2.24) is 0 Å². The van der Waals surface area contributed by atoms with Crippen molar-refractivity contribution in [3.05, 3.63) is 70.3 Å². The lowest BCUT2D eigenvalue weighted by Crippen LogP contribution is -2.15. The Hall–Kier alpha value is -2.09. The lowest BCUT2D eigenvalue weighted by atomic mass is 9.82. The van der Waals surface area contributed by atoms with Crippen molar-refractivity contribution < 1.29 is 9.90 Å². The van der Waals surface area contributed by atoms with E-state index in [4.69, 9.17) is 0 Å². The molecule has 2 nitrogen and oxygen atoms in total. The minimum Gasteiger partial charge on any atom is -0.478 e. The molecule has 2 heteroatoms.